The third-order valence-electron chi connectivity index (χ3n) is 5.63. The first-order valence-electron chi connectivity index (χ1n) is 9.25. The van der Waals surface area contributed by atoms with Crippen LogP contribution in [0.25, 0.3) is 0 Å². The minimum absolute atomic E-state index is 0.0871. The predicted molar refractivity (Wildman–Crippen MR) is 89.1 cm³/mol. The van der Waals surface area contributed by atoms with Gasteiger partial charge in [0.15, 0.2) is 5.69 Å². The molecule has 0 bridgehead atoms. The number of carbonyl (C=O) groups is 2. The van der Waals surface area contributed by atoms with Crippen molar-refractivity contribution in [3.63, 3.8) is 0 Å². The Kier molecular flexibility index (Phi) is 4.06. The van der Waals surface area contributed by atoms with Crippen LogP contribution in [0.2, 0.25) is 0 Å². The Labute approximate surface area is 142 Å². The minimum Gasteiger partial charge on any atom is -0.348 e. The molecule has 3 aliphatic rings. The van der Waals surface area contributed by atoms with Crippen LogP contribution in [-0.2, 0) is 24.9 Å². The van der Waals surface area contributed by atoms with E-state index in [0.29, 0.717) is 37.2 Å². The Bertz CT molecular complexity index is 656. The van der Waals surface area contributed by atoms with Gasteiger partial charge in [-0.2, -0.15) is 5.10 Å². The van der Waals surface area contributed by atoms with Gasteiger partial charge in [0.05, 0.1) is 18.8 Å². The summed E-state index contributed by atoms with van der Waals surface area (Å²) in [6, 6.07) is 0.320. The normalized spacial score (nSPS) is 21.0. The maximum atomic E-state index is 12.7. The Balaban J connectivity index is 1.43. The van der Waals surface area contributed by atoms with E-state index < -0.39 is 0 Å². The van der Waals surface area contributed by atoms with Crippen LogP contribution in [0.5, 0.6) is 0 Å². The van der Waals surface area contributed by atoms with Crippen LogP contribution in [0.1, 0.15) is 73.1 Å². The summed E-state index contributed by atoms with van der Waals surface area (Å²) in [5, 5.41) is 7.39. The number of aryl methyl sites for hydroxylation is 1. The number of rotatable bonds is 4. The molecule has 2 saturated carbocycles. The fourth-order valence-corrected chi connectivity index (χ4v) is 4.00. The molecule has 1 aromatic heterocycles. The number of hydrogen-bond acceptors (Lipinski definition) is 3. The van der Waals surface area contributed by atoms with Crippen molar-refractivity contribution in [2.45, 2.75) is 70.5 Å². The Morgan fingerprint density at radius 1 is 1.12 bits per heavy atom. The topological polar surface area (TPSA) is 67.2 Å². The zero-order chi connectivity index (χ0) is 16.7. The molecule has 0 atom stereocenters. The van der Waals surface area contributed by atoms with E-state index in [1.807, 2.05) is 11.9 Å². The van der Waals surface area contributed by atoms with Crippen molar-refractivity contribution in [2.75, 3.05) is 0 Å². The van der Waals surface area contributed by atoms with E-state index in [1.165, 1.54) is 32.1 Å². The van der Waals surface area contributed by atoms with Gasteiger partial charge in [0.1, 0.15) is 0 Å². The summed E-state index contributed by atoms with van der Waals surface area (Å²) in [7, 11) is 1.86. The molecule has 2 aliphatic carbocycles. The fourth-order valence-electron chi connectivity index (χ4n) is 4.00. The average molecular weight is 330 g/mol. The van der Waals surface area contributed by atoms with Crippen LogP contribution in [0.4, 0.5) is 0 Å². The molecule has 2 heterocycles. The summed E-state index contributed by atoms with van der Waals surface area (Å²) < 4.78 is 1.77. The third kappa shape index (κ3) is 3.06. The molecule has 130 valence electrons. The minimum atomic E-state index is -0.0871. The Morgan fingerprint density at radius 2 is 1.88 bits per heavy atom. The van der Waals surface area contributed by atoms with Crippen molar-refractivity contribution >= 4 is 11.8 Å². The third-order valence-corrected chi connectivity index (χ3v) is 5.63. The number of amides is 2. The zero-order valence-corrected chi connectivity index (χ0v) is 14.4. The van der Waals surface area contributed by atoms with E-state index in [2.05, 4.69) is 10.4 Å². The molecule has 4 rings (SSSR count). The van der Waals surface area contributed by atoms with Gasteiger partial charge in [-0.1, -0.05) is 19.3 Å². The van der Waals surface area contributed by atoms with Crippen molar-refractivity contribution in [1.82, 2.24) is 20.0 Å². The largest absolute Gasteiger partial charge is 0.348 e. The molecule has 2 amide bonds. The number of nitrogens with one attached hydrogen (secondary N) is 1. The molecular weight excluding hydrogens is 304 g/mol. The lowest BCUT2D eigenvalue weighted by molar-refractivity contribution is -0.133. The van der Waals surface area contributed by atoms with E-state index in [-0.39, 0.29) is 11.8 Å². The highest BCUT2D eigenvalue weighted by Gasteiger charge is 2.34. The molecule has 0 saturated heterocycles. The van der Waals surface area contributed by atoms with Crippen molar-refractivity contribution in [3.8, 4) is 0 Å². The lowest BCUT2D eigenvalue weighted by Gasteiger charge is -2.24. The smallest absolute Gasteiger partial charge is 0.272 e. The lowest BCUT2D eigenvalue weighted by Crippen LogP contribution is -2.30. The second kappa shape index (κ2) is 6.22. The SMILES string of the molecule is Cn1nc(C(=O)NC2CC2)c2c1CN(C(=O)CC1CCCCC1)C2. The monoisotopic (exact) mass is 330 g/mol. The van der Waals surface area contributed by atoms with E-state index in [4.69, 9.17) is 0 Å². The number of carbonyl (C=O) groups excluding carboxylic acids is 2. The molecule has 1 aliphatic heterocycles. The van der Waals surface area contributed by atoms with Gasteiger partial charge in [0.2, 0.25) is 5.91 Å². The molecule has 0 spiro atoms. The van der Waals surface area contributed by atoms with Crippen molar-refractivity contribution in [2.24, 2.45) is 13.0 Å². The second-order valence-electron chi connectivity index (χ2n) is 7.60. The molecular formula is C18H26N4O2. The van der Waals surface area contributed by atoms with E-state index in [0.717, 1.165) is 24.1 Å². The van der Waals surface area contributed by atoms with Crippen LogP contribution < -0.4 is 5.32 Å². The standard InChI is InChI=1S/C18H26N4O2/c1-21-15-11-22(16(23)9-12-5-3-2-4-6-12)10-14(15)17(20-21)18(24)19-13-7-8-13/h12-13H,2-11H2,1H3,(H,19,24). The summed E-state index contributed by atoms with van der Waals surface area (Å²) in [5.74, 6) is 0.688. The maximum Gasteiger partial charge on any atom is 0.272 e. The number of nitrogens with zero attached hydrogens (tertiary/aromatic N) is 3. The van der Waals surface area contributed by atoms with Crippen LogP contribution in [0.15, 0.2) is 0 Å². The van der Waals surface area contributed by atoms with Crippen LogP contribution in [0.3, 0.4) is 0 Å². The first kappa shape index (κ1) is 15.7. The van der Waals surface area contributed by atoms with Gasteiger partial charge in [-0.25, -0.2) is 0 Å². The van der Waals surface area contributed by atoms with Gasteiger partial charge in [-0.3, -0.25) is 14.3 Å². The van der Waals surface area contributed by atoms with E-state index in [1.54, 1.807) is 4.68 Å². The molecule has 1 N–H and O–H groups in total. The van der Waals surface area contributed by atoms with Crippen LogP contribution >= 0.6 is 0 Å². The number of aromatic nitrogens is 2. The molecule has 24 heavy (non-hydrogen) atoms. The zero-order valence-electron chi connectivity index (χ0n) is 14.4. The van der Waals surface area contributed by atoms with Crippen LogP contribution in [0, 0.1) is 5.92 Å². The van der Waals surface area contributed by atoms with Crippen molar-refractivity contribution in [3.05, 3.63) is 17.0 Å². The molecule has 6 nitrogen and oxygen atoms in total. The molecule has 2 fully saturated rings. The van der Waals surface area contributed by atoms with Crippen molar-refractivity contribution in [1.29, 1.82) is 0 Å². The fraction of sp³-hybridized carbons (Fsp3) is 0.722. The second-order valence-corrected chi connectivity index (χ2v) is 7.60. The van der Waals surface area contributed by atoms with Gasteiger partial charge < -0.3 is 10.2 Å². The Morgan fingerprint density at radius 3 is 2.58 bits per heavy atom. The molecule has 0 radical (unpaired) electrons. The number of hydrogen-bond donors (Lipinski definition) is 1. The average Bonchev–Trinajstić information content (AvgIpc) is 3.18. The summed E-state index contributed by atoms with van der Waals surface area (Å²) >= 11 is 0. The highest BCUT2D eigenvalue weighted by molar-refractivity contribution is 5.94. The number of fused-ring (bicyclic) bond motifs is 1. The summed E-state index contributed by atoms with van der Waals surface area (Å²) in [5.41, 5.74) is 2.45. The van der Waals surface area contributed by atoms with Gasteiger partial charge in [0.25, 0.3) is 5.91 Å². The molecule has 0 unspecified atom stereocenters. The van der Waals surface area contributed by atoms with Gasteiger partial charge in [-0.15, -0.1) is 0 Å². The first-order valence-corrected chi connectivity index (χ1v) is 9.25. The predicted octanol–water partition coefficient (Wildman–Crippen LogP) is 2.12. The summed E-state index contributed by atoms with van der Waals surface area (Å²) in [6.45, 7) is 1.11. The molecule has 6 heteroatoms. The highest BCUT2D eigenvalue weighted by atomic mass is 16.2. The van der Waals surface area contributed by atoms with E-state index >= 15 is 0 Å². The summed E-state index contributed by atoms with van der Waals surface area (Å²) in [4.78, 5) is 26.9. The highest BCUT2D eigenvalue weighted by Crippen LogP contribution is 2.30. The van der Waals surface area contributed by atoms with Crippen molar-refractivity contribution < 1.29 is 9.59 Å². The first-order chi connectivity index (χ1) is 11.6. The van der Waals surface area contributed by atoms with Gasteiger partial charge in [0, 0.05) is 25.1 Å². The van der Waals surface area contributed by atoms with Gasteiger partial charge >= 0.3 is 0 Å². The molecule has 1 aromatic rings. The van der Waals surface area contributed by atoms with Gasteiger partial charge in [-0.05, 0) is 31.6 Å². The molecule has 0 aromatic carbocycles. The lowest BCUT2D eigenvalue weighted by atomic mass is 9.87. The summed E-state index contributed by atoms with van der Waals surface area (Å²) in [6.07, 6.45) is 8.98. The van der Waals surface area contributed by atoms with Crippen LogP contribution in [-0.4, -0.2) is 32.5 Å². The Hall–Kier alpha value is -1.85. The quantitative estimate of drug-likeness (QED) is 0.919. The maximum absolute atomic E-state index is 12.7. The van der Waals surface area contributed by atoms with E-state index in [9.17, 15) is 9.59 Å².